The van der Waals surface area contributed by atoms with Gasteiger partial charge in [0.25, 0.3) is 0 Å². The molecule has 0 bridgehead atoms. The molecule has 1 N–H and O–H groups in total. The first-order valence-electron chi connectivity index (χ1n) is 9.25. The van der Waals surface area contributed by atoms with Crippen LogP contribution in [0.5, 0.6) is 11.5 Å². The van der Waals surface area contributed by atoms with Gasteiger partial charge in [-0.2, -0.15) is 0 Å². The number of ether oxygens (including phenoxy) is 4. The molecule has 2 aromatic carbocycles. The Morgan fingerprint density at radius 3 is 1.96 bits per heavy atom. The smallest absolute Gasteiger partial charge is 0.119 e. The molecule has 0 spiro atoms. The Hall–Kier alpha value is -2.08. The summed E-state index contributed by atoms with van der Waals surface area (Å²) in [4.78, 5) is 0. The normalized spacial score (nSPS) is 17.4. The fourth-order valence-corrected chi connectivity index (χ4v) is 2.84. The molecule has 0 saturated carbocycles. The van der Waals surface area contributed by atoms with Crippen molar-refractivity contribution in [2.75, 3.05) is 33.5 Å². The summed E-state index contributed by atoms with van der Waals surface area (Å²) < 4.78 is 21.7. The molecule has 1 aliphatic heterocycles. The third-order valence-corrected chi connectivity index (χ3v) is 4.96. The number of aliphatic hydroxyl groups excluding tert-OH is 1. The van der Waals surface area contributed by atoms with Gasteiger partial charge in [0, 0.05) is 12.5 Å². The number of aliphatic hydroxyl groups is 1. The van der Waals surface area contributed by atoms with Crippen molar-refractivity contribution in [1.82, 2.24) is 0 Å². The van der Waals surface area contributed by atoms with Gasteiger partial charge in [-0.1, -0.05) is 38.1 Å². The fraction of sp³-hybridized carbons (Fsp3) is 0.455. The standard InChI is InChI=1S/C22H28O5/c1-22(2,17-6-10-19(11-7-17)26-14-21-15-27-21)16-4-8-18(9-5-16)25-13-20(12-23)24-3/h4-11,20-21,23H,12-15H2,1-3H3. The van der Waals surface area contributed by atoms with Gasteiger partial charge >= 0.3 is 0 Å². The van der Waals surface area contributed by atoms with E-state index >= 15 is 0 Å². The molecule has 0 aliphatic carbocycles. The maximum Gasteiger partial charge on any atom is 0.119 e. The highest BCUT2D eigenvalue weighted by atomic mass is 16.6. The Morgan fingerprint density at radius 1 is 1.00 bits per heavy atom. The summed E-state index contributed by atoms with van der Waals surface area (Å²) in [5.41, 5.74) is 2.27. The molecule has 0 amide bonds. The van der Waals surface area contributed by atoms with Crippen molar-refractivity contribution in [3.8, 4) is 11.5 Å². The first-order chi connectivity index (χ1) is 13.0. The number of hydrogen-bond donors (Lipinski definition) is 1. The maximum absolute atomic E-state index is 9.14. The van der Waals surface area contributed by atoms with Crippen LogP contribution >= 0.6 is 0 Å². The van der Waals surface area contributed by atoms with Crippen molar-refractivity contribution in [3.63, 3.8) is 0 Å². The zero-order chi connectivity index (χ0) is 19.3. The van der Waals surface area contributed by atoms with E-state index in [1.54, 1.807) is 7.11 Å². The van der Waals surface area contributed by atoms with Gasteiger partial charge in [-0.15, -0.1) is 0 Å². The third-order valence-electron chi connectivity index (χ3n) is 4.96. The van der Waals surface area contributed by atoms with Crippen LogP contribution in [0.1, 0.15) is 25.0 Å². The van der Waals surface area contributed by atoms with Crippen LogP contribution in [0.2, 0.25) is 0 Å². The Bertz CT molecular complexity index is 700. The Morgan fingerprint density at radius 2 is 1.52 bits per heavy atom. The van der Waals surface area contributed by atoms with Gasteiger partial charge in [-0.3, -0.25) is 0 Å². The molecule has 5 heteroatoms. The van der Waals surface area contributed by atoms with Crippen LogP contribution in [0, 0.1) is 0 Å². The van der Waals surface area contributed by atoms with Gasteiger partial charge in [0.05, 0.1) is 13.2 Å². The van der Waals surface area contributed by atoms with Crippen molar-refractivity contribution in [1.29, 1.82) is 0 Å². The van der Waals surface area contributed by atoms with Crippen molar-refractivity contribution in [2.45, 2.75) is 31.5 Å². The second kappa shape index (κ2) is 8.74. The zero-order valence-electron chi connectivity index (χ0n) is 16.2. The van der Waals surface area contributed by atoms with E-state index in [0.29, 0.717) is 13.2 Å². The number of methoxy groups -OCH3 is 1. The molecule has 1 aliphatic rings. The molecular weight excluding hydrogens is 344 g/mol. The number of hydrogen-bond acceptors (Lipinski definition) is 5. The molecule has 2 aromatic rings. The predicted molar refractivity (Wildman–Crippen MR) is 104 cm³/mol. The monoisotopic (exact) mass is 372 g/mol. The highest BCUT2D eigenvalue weighted by Gasteiger charge is 2.24. The van der Waals surface area contributed by atoms with Gasteiger partial charge < -0.3 is 24.1 Å². The summed E-state index contributed by atoms with van der Waals surface area (Å²) in [6.45, 7) is 6.08. The summed E-state index contributed by atoms with van der Waals surface area (Å²) in [7, 11) is 1.56. The van der Waals surface area contributed by atoms with Crippen LogP contribution in [-0.2, 0) is 14.9 Å². The highest BCUT2D eigenvalue weighted by Crippen LogP contribution is 2.33. The minimum Gasteiger partial charge on any atom is -0.491 e. The second-order valence-corrected chi connectivity index (χ2v) is 7.29. The quantitative estimate of drug-likeness (QED) is 0.649. The molecule has 2 unspecified atom stereocenters. The minimum atomic E-state index is -0.312. The van der Waals surface area contributed by atoms with Crippen LogP contribution in [0.25, 0.3) is 0 Å². The zero-order valence-corrected chi connectivity index (χ0v) is 16.2. The topological polar surface area (TPSA) is 60.5 Å². The molecule has 1 saturated heterocycles. The summed E-state index contributed by atoms with van der Waals surface area (Å²) in [6.07, 6.45) is -0.0493. The van der Waals surface area contributed by atoms with Crippen molar-refractivity contribution < 1.29 is 24.1 Å². The van der Waals surface area contributed by atoms with Gasteiger partial charge in [-0.05, 0) is 35.4 Å². The summed E-state index contributed by atoms with van der Waals surface area (Å²) in [6, 6.07) is 16.3. The summed E-state index contributed by atoms with van der Waals surface area (Å²) in [5, 5.41) is 9.14. The highest BCUT2D eigenvalue weighted by molar-refractivity contribution is 5.41. The molecule has 0 aromatic heterocycles. The number of benzene rings is 2. The minimum absolute atomic E-state index is 0.0605. The average molecular weight is 372 g/mol. The van der Waals surface area contributed by atoms with E-state index in [-0.39, 0.29) is 24.2 Å². The summed E-state index contributed by atoms with van der Waals surface area (Å²) >= 11 is 0. The molecule has 146 valence electrons. The fourth-order valence-electron chi connectivity index (χ4n) is 2.84. The van der Waals surface area contributed by atoms with E-state index < -0.39 is 0 Å². The maximum atomic E-state index is 9.14. The second-order valence-electron chi connectivity index (χ2n) is 7.29. The first kappa shape index (κ1) is 19.7. The van der Waals surface area contributed by atoms with Gasteiger partial charge in [0.2, 0.25) is 0 Å². The predicted octanol–water partition coefficient (Wildman–Crippen LogP) is 3.18. The van der Waals surface area contributed by atoms with Gasteiger partial charge in [-0.25, -0.2) is 0 Å². The lowest BCUT2D eigenvalue weighted by molar-refractivity contribution is 0.0164. The van der Waals surface area contributed by atoms with Crippen molar-refractivity contribution in [2.24, 2.45) is 0 Å². The molecule has 0 radical (unpaired) electrons. The SMILES string of the molecule is COC(CO)COc1ccc(C(C)(C)c2ccc(OCC3CO3)cc2)cc1. The Balaban J connectivity index is 1.62. The van der Waals surface area contributed by atoms with Crippen LogP contribution < -0.4 is 9.47 Å². The van der Waals surface area contributed by atoms with Crippen molar-refractivity contribution >= 4 is 0 Å². The molecule has 5 nitrogen and oxygen atoms in total. The van der Waals surface area contributed by atoms with Crippen LogP contribution in [-0.4, -0.2) is 50.9 Å². The van der Waals surface area contributed by atoms with E-state index in [1.165, 1.54) is 11.1 Å². The number of epoxide rings is 1. The molecular formula is C22H28O5. The lowest BCUT2D eigenvalue weighted by Gasteiger charge is -2.26. The van der Waals surface area contributed by atoms with Crippen LogP contribution in [0.3, 0.4) is 0 Å². The molecule has 27 heavy (non-hydrogen) atoms. The largest absolute Gasteiger partial charge is 0.491 e. The van der Waals surface area contributed by atoms with Crippen LogP contribution in [0.4, 0.5) is 0 Å². The van der Waals surface area contributed by atoms with E-state index in [9.17, 15) is 0 Å². The molecule has 2 atom stereocenters. The Kier molecular flexibility index (Phi) is 6.37. The molecule has 1 fully saturated rings. The summed E-state index contributed by atoms with van der Waals surface area (Å²) in [5.74, 6) is 1.63. The van der Waals surface area contributed by atoms with Crippen LogP contribution in [0.15, 0.2) is 48.5 Å². The van der Waals surface area contributed by atoms with Gasteiger partial charge in [0.1, 0.15) is 36.9 Å². The lowest BCUT2D eigenvalue weighted by Crippen LogP contribution is -2.24. The molecule has 3 rings (SSSR count). The van der Waals surface area contributed by atoms with E-state index in [0.717, 1.165) is 18.1 Å². The van der Waals surface area contributed by atoms with E-state index in [4.69, 9.17) is 24.1 Å². The average Bonchev–Trinajstić information content (AvgIpc) is 3.52. The van der Waals surface area contributed by atoms with E-state index in [1.807, 2.05) is 24.3 Å². The third kappa shape index (κ3) is 5.22. The Labute approximate surface area is 160 Å². The first-order valence-corrected chi connectivity index (χ1v) is 9.25. The van der Waals surface area contributed by atoms with Crippen molar-refractivity contribution in [3.05, 3.63) is 59.7 Å². The number of rotatable bonds is 10. The van der Waals surface area contributed by atoms with E-state index in [2.05, 4.69) is 38.1 Å². The van der Waals surface area contributed by atoms with Gasteiger partial charge in [0.15, 0.2) is 0 Å². The lowest BCUT2D eigenvalue weighted by atomic mass is 9.78. The molecule has 1 heterocycles.